The van der Waals surface area contributed by atoms with Crippen LogP contribution in [0, 0.1) is 17.8 Å². The Kier molecular flexibility index (Phi) is 2.25. The highest BCUT2D eigenvalue weighted by Gasteiger charge is 2.52. The molecule has 0 N–H and O–H groups in total. The fraction of sp³-hybridized carbons (Fsp3) is 0.786. The molecule has 2 saturated carbocycles. The molecule has 4 nitrogen and oxygen atoms in total. The van der Waals surface area contributed by atoms with Crippen molar-refractivity contribution in [1.82, 2.24) is 5.06 Å². The highest BCUT2D eigenvalue weighted by Crippen LogP contribution is 2.52. The molecule has 0 aromatic rings. The van der Waals surface area contributed by atoms with Gasteiger partial charge in [0.2, 0.25) is 0 Å². The molecule has 0 aromatic heterocycles. The molecule has 4 heteroatoms. The average molecular weight is 249 g/mol. The van der Waals surface area contributed by atoms with Gasteiger partial charge in [-0.3, -0.25) is 0 Å². The van der Waals surface area contributed by atoms with Gasteiger partial charge in [-0.1, -0.05) is 0 Å². The van der Waals surface area contributed by atoms with Gasteiger partial charge in [0.25, 0.3) is 0 Å². The molecule has 2 saturated heterocycles. The lowest BCUT2D eigenvalue weighted by Gasteiger charge is -2.38. The number of methoxy groups -OCH3 is 1. The number of nitrogens with zero attached hydrogens (tertiary/aromatic N) is 1. The molecule has 3 aliphatic heterocycles. The predicted molar refractivity (Wildman–Crippen MR) is 64.2 cm³/mol. The zero-order valence-corrected chi connectivity index (χ0v) is 10.7. The van der Waals surface area contributed by atoms with Crippen LogP contribution in [0.25, 0.3) is 0 Å². The van der Waals surface area contributed by atoms with Crippen molar-refractivity contribution in [3.63, 3.8) is 0 Å². The van der Waals surface area contributed by atoms with Crippen molar-refractivity contribution in [3.8, 4) is 0 Å². The standard InChI is InChI=1S/C14H19NO3/c1-17-14(16)12-7-18-15-11-5-8-2-9(6-11)4-10(3-8)13(12)15/h7-11,13H,2-6H2,1H3. The molecule has 3 heterocycles. The molecule has 0 aromatic carbocycles. The summed E-state index contributed by atoms with van der Waals surface area (Å²) >= 11 is 0. The Bertz CT molecular complexity index is 405. The molecule has 5 rings (SSSR count). The summed E-state index contributed by atoms with van der Waals surface area (Å²) in [4.78, 5) is 17.6. The molecule has 3 atom stereocenters. The largest absolute Gasteiger partial charge is 0.466 e. The van der Waals surface area contributed by atoms with Gasteiger partial charge in [-0.05, 0) is 49.9 Å². The van der Waals surface area contributed by atoms with Crippen molar-refractivity contribution in [1.29, 1.82) is 0 Å². The van der Waals surface area contributed by atoms with E-state index in [-0.39, 0.29) is 12.0 Å². The number of rotatable bonds is 1. The second kappa shape index (κ2) is 3.73. The minimum atomic E-state index is -0.219. The van der Waals surface area contributed by atoms with Gasteiger partial charge in [-0.25, -0.2) is 4.79 Å². The van der Waals surface area contributed by atoms with Gasteiger partial charge in [-0.2, -0.15) is 0 Å². The molecule has 4 bridgehead atoms. The number of esters is 1. The van der Waals surface area contributed by atoms with Crippen LogP contribution in [-0.4, -0.2) is 30.2 Å². The average Bonchev–Trinajstić information content (AvgIpc) is 2.74. The lowest BCUT2D eigenvalue weighted by atomic mass is 9.67. The fourth-order valence-electron chi connectivity index (χ4n) is 4.78. The van der Waals surface area contributed by atoms with E-state index in [1.807, 2.05) is 0 Å². The molecule has 4 fully saturated rings. The molecule has 3 unspecified atom stereocenters. The summed E-state index contributed by atoms with van der Waals surface area (Å²) < 4.78 is 4.90. The topological polar surface area (TPSA) is 38.8 Å². The van der Waals surface area contributed by atoms with E-state index in [0.29, 0.717) is 12.0 Å². The third-order valence-electron chi connectivity index (χ3n) is 5.27. The Balaban J connectivity index is 1.70. The van der Waals surface area contributed by atoms with E-state index in [1.165, 1.54) is 39.2 Å². The molecular weight excluding hydrogens is 230 g/mol. The quantitative estimate of drug-likeness (QED) is 0.665. The normalized spacial score (nSPS) is 45.2. The number of hydrogen-bond acceptors (Lipinski definition) is 4. The van der Waals surface area contributed by atoms with Crippen molar-refractivity contribution in [3.05, 3.63) is 11.8 Å². The Morgan fingerprint density at radius 1 is 1.28 bits per heavy atom. The second-order valence-corrected chi connectivity index (χ2v) is 6.30. The lowest BCUT2D eigenvalue weighted by molar-refractivity contribution is -0.148. The van der Waals surface area contributed by atoms with Crippen LogP contribution in [0.4, 0.5) is 0 Å². The zero-order valence-electron chi connectivity index (χ0n) is 10.7. The third-order valence-corrected chi connectivity index (χ3v) is 5.27. The first-order chi connectivity index (χ1) is 8.76. The molecule has 98 valence electrons. The number of hydrogen-bond donors (Lipinski definition) is 0. The Morgan fingerprint density at radius 2 is 2.00 bits per heavy atom. The smallest absolute Gasteiger partial charge is 0.338 e. The first-order valence-electron chi connectivity index (χ1n) is 6.99. The minimum Gasteiger partial charge on any atom is -0.466 e. The van der Waals surface area contributed by atoms with Crippen molar-refractivity contribution in [2.24, 2.45) is 17.8 Å². The summed E-state index contributed by atoms with van der Waals surface area (Å²) in [7, 11) is 1.45. The van der Waals surface area contributed by atoms with Crippen molar-refractivity contribution in [2.75, 3.05) is 7.11 Å². The fourth-order valence-corrected chi connectivity index (χ4v) is 4.78. The predicted octanol–water partition coefficient (Wildman–Crippen LogP) is 1.87. The van der Waals surface area contributed by atoms with Crippen LogP contribution < -0.4 is 0 Å². The summed E-state index contributed by atoms with van der Waals surface area (Å²) in [6.45, 7) is 0. The van der Waals surface area contributed by atoms with Gasteiger partial charge in [0, 0.05) is 6.04 Å². The second-order valence-electron chi connectivity index (χ2n) is 6.30. The van der Waals surface area contributed by atoms with E-state index < -0.39 is 0 Å². The van der Waals surface area contributed by atoms with Crippen LogP contribution in [-0.2, 0) is 14.4 Å². The molecule has 0 spiro atoms. The molecule has 18 heavy (non-hydrogen) atoms. The highest BCUT2D eigenvalue weighted by molar-refractivity contribution is 5.89. The van der Waals surface area contributed by atoms with E-state index in [1.54, 1.807) is 6.26 Å². The van der Waals surface area contributed by atoms with Crippen molar-refractivity contribution < 1.29 is 14.4 Å². The number of hydroxylamine groups is 2. The number of ether oxygens (including phenoxy) is 1. The maximum Gasteiger partial charge on any atom is 0.338 e. The van der Waals surface area contributed by atoms with Crippen LogP contribution in [0.3, 0.4) is 0 Å². The first-order valence-corrected chi connectivity index (χ1v) is 6.99. The van der Waals surface area contributed by atoms with E-state index in [2.05, 4.69) is 5.06 Å². The monoisotopic (exact) mass is 249 g/mol. The molecule has 5 aliphatic rings. The van der Waals surface area contributed by atoms with E-state index in [0.717, 1.165) is 17.4 Å². The third kappa shape index (κ3) is 1.38. The Hall–Kier alpha value is -1.03. The maximum absolute atomic E-state index is 11.9. The van der Waals surface area contributed by atoms with Gasteiger partial charge in [-0.15, -0.1) is 5.06 Å². The van der Waals surface area contributed by atoms with Crippen molar-refractivity contribution in [2.45, 2.75) is 44.2 Å². The van der Waals surface area contributed by atoms with Crippen LogP contribution in [0.5, 0.6) is 0 Å². The Morgan fingerprint density at radius 3 is 2.67 bits per heavy atom. The minimum absolute atomic E-state index is 0.151. The van der Waals surface area contributed by atoms with E-state index in [9.17, 15) is 4.79 Å². The number of carbonyl (C=O) groups excluding carboxylic acids is 1. The molecule has 0 radical (unpaired) electrons. The summed E-state index contributed by atoms with van der Waals surface area (Å²) in [5.41, 5.74) is 0.732. The maximum atomic E-state index is 11.9. The van der Waals surface area contributed by atoms with Crippen LogP contribution >= 0.6 is 0 Å². The van der Waals surface area contributed by atoms with Gasteiger partial charge in [0.1, 0.15) is 6.26 Å². The molecular formula is C14H19NO3. The van der Waals surface area contributed by atoms with Gasteiger partial charge in [0.05, 0.1) is 18.7 Å². The SMILES string of the molecule is COC(=O)C1=CON2C3CC4CC(CC(C4)C12)C3. The molecule has 0 amide bonds. The van der Waals surface area contributed by atoms with Gasteiger partial charge in [0.15, 0.2) is 0 Å². The van der Waals surface area contributed by atoms with E-state index in [4.69, 9.17) is 9.57 Å². The van der Waals surface area contributed by atoms with E-state index >= 15 is 0 Å². The lowest BCUT2D eigenvalue weighted by Crippen LogP contribution is -2.41. The van der Waals surface area contributed by atoms with Crippen molar-refractivity contribution >= 4 is 5.97 Å². The van der Waals surface area contributed by atoms with Crippen LogP contribution in [0.2, 0.25) is 0 Å². The summed E-state index contributed by atoms with van der Waals surface area (Å²) in [5, 5.41) is 2.11. The van der Waals surface area contributed by atoms with Gasteiger partial charge < -0.3 is 9.57 Å². The highest BCUT2D eigenvalue weighted by atomic mass is 16.7. The van der Waals surface area contributed by atoms with Crippen LogP contribution in [0.15, 0.2) is 11.8 Å². The summed E-state index contributed by atoms with van der Waals surface area (Å²) in [6.07, 6.45) is 8.01. The van der Waals surface area contributed by atoms with Gasteiger partial charge >= 0.3 is 5.97 Å². The summed E-state index contributed by atoms with van der Waals surface area (Å²) in [5.74, 6) is 2.05. The zero-order chi connectivity index (χ0) is 12.3. The molecule has 2 aliphatic carbocycles. The van der Waals surface area contributed by atoms with Crippen LogP contribution in [0.1, 0.15) is 32.1 Å². The first kappa shape index (κ1) is 10.9. The summed E-state index contributed by atoms with van der Waals surface area (Å²) in [6, 6.07) is 0.655. The number of carbonyl (C=O) groups is 1. The Labute approximate surface area is 107 Å².